The molecule has 1 aliphatic rings. The van der Waals surface area contributed by atoms with Crippen molar-refractivity contribution in [3.63, 3.8) is 0 Å². The molecule has 7 nitrogen and oxygen atoms in total. The summed E-state index contributed by atoms with van der Waals surface area (Å²) in [5, 5.41) is 0.0108. The van der Waals surface area contributed by atoms with Crippen molar-refractivity contribution < 1.29 is 22.4 Å². The molecule has 1 aromatic heterocycles. The molecule has 4 rings (SSSR count). The highest BCUT2D eigenvalue weighted by atomic mass is 35.5. The van der Waals surface area contributed by atoms with E-state index < -0.39 is 15.9 Å². The Kier molecular flexibility index (Phi) is 6.88. The van der Waals surface area contributed by atoms with E-state index in [1.165, 1.54) is 27.6 Å². The number of sulfonamides is 1. The quantitative estimate of drug-likeness (QED) is 0.505. The Bertz CT molecular complexity index is 1190. The number of anilines is 1. The molecule has 168 valence electrons. The third kappa shape index (κ3) is 4.69. The van der Waals surface area contributed by atoms with Gasteiger partial charge in [0.15, 0.2) is 0 Å². The molecule has 0 aliphatic carbocycles. The Morgan fingerprint density at radius 2 is 1.72 bits per heavy atom. The molecule has 1 saturated heterocycles. The zero-order valence-electron chi connectivity index (χ0n) is 16.9. The number of halogens is 2. The van der Waals surface area contributed by atoms with Gasteiger partial charge in [0.05, 0.1) is 41.6 Å². The molecule has 10 heteroatoms. The van der Waals surface area contributed by atoms with E-state index in [-0.39, 0.29) is 40.1 Å². The number of morpholine rings is 1. The van der Waals surface area contributed by atoms with Crippen LogP contribution in [0.4, 0.5) is 5.69 Å². The van der Waals surface area contributed by atoms with Crippen LogP contribution in [0.3, 0.4) is 0 Å². The number of carbonyl (C=O) groups is 1. The number of rotatable bonds is 6. The molecule has 1 amide bonds. The summed E-state index contributed by atoms with van der Waals surface area (Å²) >= 11 is 12.6. The number of benzene rings is 2. The Balaban J connectivity index is 1.75. The average molecular weight is 495 g/mol. The monoisotopic (exact) mass is 494 g/mol. The van der Waals surface area contributed by atoms with Crippen molar-refractivity contribution in [1.82, 2.24) is 4.31 Å². The van der Waals surface area contributed by atoms with Gasteiger partial charge in [0.2, 0.25) is 10.0 Å². The van der Waals surface area contributed by atoms with Crippen molar-refractivity contribution in [2.45, 2.75) is 11.4 Å². The molecule has 0 saturated carbocycles. The van der Waals surface area contributed by atoms with Gasteiger partial charge < -0.3 is 14.1 Å². The van der Waals surface area contributed by atoms with Crippen LogP contribution < -0.4 is 4.90 Å². The first-order valence-corrected chi connectivity index (χ1v) is 12.0. The topological polar surface area (TPSA) is 80.1 Å². The first-order valence-electron chi connectivity index (χ1n) is 9.84. The standard InChI is InChI=1S/C22H20Cl2N2O5S/c23-19-14-20(24)21(32(28,29)25-8-11-30-12-9-25)13-18(19)22(27)26(15-17-7-4-10-31-17)16-5-2-1-3-6-16/h1-7,10,13-14H,8-9,11-12,15H2. The summed E-state index contributed by atoms with van der Waals surface area (Å²) in [6.07, 6.45) is 1.52. The van der Waals surface area contributed by atoms with E-state index in [1.54, 1.807) is 36.4 Å². The van der Waals surface area contributed by atoms with Crippen LogP contribution in [-0.2, 0) is 21.3 Å². The van der Waals surface area contributed by atoms with Crippen molar-refractivity contribution in [2.24, 2.45) is 0 Å². The van der Waals surface area contributed by atoms with Crippen molar-refractivity contribution in [3.8, 4) is 0 Å². The van der Waals surface area contributed by atoms with E-state index in [4.69, 9.17) is 32.4 Å². The van der Waals surface area contributed by atoms with Crippen molar-refractivity contribution >= 4 is 44.8 Å². The van der Waals surface area contributed by atoms with Crippen LogP contribution in [0.15, 0.2) is 70.2 Å². The minimum absolute atomic E-state index is 0.0262. The molecule has 2 heterocycles. The third-order valence-corrected chi connectivity index (χ3v) is 7.72. The van der Waals surface area contributed by atoms with Crippen molar-refractivity contribution in [2.75, 3.05) is 31.2 Å². The molecule has 0 N–H and O–H groups in total. The van der Waals surface area contributed by atoms with E-state index in [1.807, 2.05) is 6.07 Å². The predicted octanol–water partition coefficient (Wildman–Crippen LogP) is 4.45. The highest BCUT2D eigenvalue weighted by molar-refractivity contribution is 7.89. The summed E-state index contributed by atoms with van der Waals surface area (Å²) in [6, 6.07) is 15.0. The summed E-state index contributed by atoms with van der Waals surface area (Å²) in [7, 11) is -3.93. The van der Waals surface area contributed by atoms with Gasteiger partial charge in [0, 0.05) is 18.8 Å². The first kappa shape index (κ1) is 22.8. The second-order valence-corrected chi connectivity index (χ2v) is 9.81. The lowest BCUT2D eigenvalue weighted by Crippen LogP contribution is -2.40. The smallest absolute Gasteiger partial charge is 0.260 e. The first-order chi connectivity index (χ1) is 15.4. The van der Waals surface area contributed by atoms with Crippen LogP contribution in [0.2, 0.25) is 10.0 Å². The van der Waals surface area contributed by atoms with E-state index >= 15 is 0 Å². The normalized spacial score (nSPS) is 14.9. The van der Waals surface area contributed by atoms with Gasteiger partial charge in [-0.05, 0) is 36.4 Å². The number of furan rings is 1. The Labute approximate surface area is 196 Å². The van der Waals surface area contributed by atoms with Gasteiger partial charge in [0.1, 0.15) is 10.7 Å². The van der Waals surface area contributed by atoms with Crippen LogP contribution in [0, 0.1) is 0 Å². The SMILES string of the molecule is O=C(c1cc(S(=O)(=O)N2CCOCC2)c(Cl)cc1Cl)N(Cc1ccco1)c1ccccc1. The molecule has 0 atom stereocenters. The van der Waals surface area contributed by atoms with Gasteiger partial charge in [-0.2, -0.15) is 4.31 Å². The van der Waals surface area contributed by atoms with E-state index in [0.29, 0.717) is 24.7 Å². The van der Waals surface area contributed by atoms with Gasteiger partial charge >= 0.3 is 0 Å². The molecule has 32 heavy (non-hydrogen) atoms. The van der Waals surface area contributed by atoms with Crippen LogP contribution in [0.5, 0.6) is 0 Å². The molecule has 2 aromatic carbocycles. The van der Waals surface area contributed by atoms with Gasteiger partial charge in [0.25, 0.3) is 5.91 Å². The number of amides is 1. The fraction of sp³-hybridized carbons (Fsp3) is 0.227. The maximum Gasteiger partial charge on any atom is 0.260 e. The summed E-state index contributed by atoms with van der Waals surface area (Å²) in [6.45, 7) is 1.14. The number of hydrogen-bond acceptors (Lipinski definition) is 5. The zero-order valence-corrected chi connectivity index (χ0v) is 19.2. The average Bonchev–Trinajstić information content (AvgIpc) is 3.31. The maximum atomic E-state index is 13.6. The second-order valence-electron chi connectivity index (χ2n) is 7.09. The Hall–Kier alpha value is -2.36. The lowest BCUT2D eigenvalue weighted by Gasteiger charge is -2.27. The minimum atomic E-state index is -3.93. The second kappa shape index (κ2) is 9.64. The van der Waals surface area contributed by atoms with E-state index in [9.17, 15) is 13.2 Å². The number of ether oxygens (including phenoxy) is 1. The highest BCUT2D eigenvalue weighted by Gasteiger charge is 2.31. The lowest BCUT2D eigenvalue weighted by molar-refractivity contribution is 0.0730. The van der Waals surface area contributed by atoms with Gasteiger partial charge in [-0.25, -0.2) is 8.42 Å². The predicted molar refractivity (Wildman–Crippen MR) is 122 cm³/mol. The molecular formula is C22H20Cl2N2O5S. The Morgan fingerprint density at radius 3 is 2.38 bits per heavy atom. The largest absolute Gasteiger partial charge is 0.467 e. The fourth-order valence-corrected chi connectivity index (χ4v) is 5.65. The van der Waals surface area contributed by atoms with Gasteiger partial charge in [-0.15, -0.1) is 0 Å². The number of para-hydroxylation sites is 1. The summed E-state index contributed by atoms with van der Waals surface area (Å²) in [5.74, 6) is 0.0844. The minimum Gasteiger partial charge on any atom is -0.467 e. The summed E-state index contributed by atoms with van der Waals surface area (Å²) in [5.41, 5.74) is 0.635. The molecule has 1 aliphatic heterocycles. The van der Waals surface area contributed by atoms with Crippen LogP contribution in [0.25, 0.3) is 0 Å². The van der Waals surface area contributed by atoms with Crippen LogP contribution in [0.1, 0.15) is 16.1 Å². The molecular weight excluding hydrogens is 475 g/mol. The number of nitrogens with zero attached hydrogens (tertiary/aromatic N) is 2. The molecule has 0 spiro atoms. The molecule has 3 aromatic rings. The van der Waals surface area contributed by atoms with E-state index in [2.05, 4.69) is 0 Å². The van der Waals surface area contributed by atoms with E-state index in [0.717, 1.165) is 0 Å². The van der Waals surface area contributed by atoms with Gasteiger partial charge in [-0.1, -0.05) is 41.4 Å². The van der Waals surface area contributed by atoms with Crippen LogP contribution in [-0.4, -0.2) is 44.9 Å². The Morgan fingerprint density at radius 1 is 1.00 bits per heavy atom. The summed E-state index contributed by atoms with van der Waals surface area (Å²) in [4.78, 5) is 14.9. The number of hydrogen-bond donors (Lipinski definition) is 0. The third-order valence-electron chi connectivity index (χ3n) is 5.05. The maximum absolute atomic E-state index is 13.6. The van der Waals surface area contributed by atoms with Crippen molar-refractivity contribution in [1.29, 1.82) is 0 Å². The molecule has 0 bridgehead atoms. The highest BCUT2D eigenvalue weighted by Crippen LogP contribution is 2.33. The molecule has 1 fully saturated rings. The molecule has 0 radical (unpaired) electrons. The van der Waals surface area contributed by atoms with Crippen LogP contribution >= 0.6 is 23.2 Å². The van der Waals surface area contributed by atoms with Crippen molar-refractivity contribution in [3.05, 3.63) is 82.2 Å². The number of carbonyl (C=O) groups excluding carboxylic acids is 1. The summed E-state index contributed by atoms with van der Waals surface area (Å²) < 4.78 is 38.3. The zero-order chi connectivity index (χ0) is 22.7. The fourth-order valence-electron chi connectivity index (χ4n) is 3.41. The lowest BCUT2D eigenvalue weighted by atomic mass is 10.1. The molecule has 0 unspecified atom stereocenters. The van der Waals surface area contributed by atoms with Gasteiger partial charge in [-0.3, -0.25) is 4.79 Å².